The molecule has 0 spiro atoms. The number of piperidine rings is 1. The third-order valence-electron chi connectivity index (χ3n) is 6.25. The third-order valence-corrected chi connectivity index (χ3v) is 7.72. The second kappa shape index (κ2) is 9.83. The van der Waals surface area contributed by atoms with Gasteiger partial charge in [-0.05, 0) is 67.4 Å². The molecule has 8 nitrogen and oxygen atoms in total. The number of aromatic nitrogens is 4. The molecule has 1 saturated heterocycles. The maximum atomic E-state index is 13.5. The second-order valence-electron chi connectivity index (χ2n) is 8.71. The van der Waals surface area contributed by atoms with Crippen LogP contribution in [-0.2, 0) is 11.0 Å². The van der Waals surface area contributed by atoms with Crippen molar-refractivity contribution in [1.82, 2.24) is 23.7 Å². The van der Waals surface area contributed by atoms with Crippen molar-refractivity contribution in [1.29, 1.82) is 0 Å². The van der Waals surface area contributed by atoms with Crippen molar-refractivity contribution in [3.63, 3.8) is 0 Å². The van der Waals surface area contributed by atoms with E-state index in [4.69, 9.17) is 9.40 Å². The zero-order valence-electron chi connectivity index (χ0n) is 19.6. The Hall–Kier alpha value is -3.96. The van der Waals surface area contributed by atoms with Gasteiger partial charge in [-0.2, -0.15) is 4.98 Å². The van der Waals surface area contributed by atoms with E-state index in [0.29, 0.717) is 46.9 Å². The van der Waals surface area contributed by atoms with E-state index in [9.17, 15) is 13.0 Å². The summed E-state index contributed by atoms with van der Waals surface area (Å²) in [5.41, 5.74) is 2.66. The summed E-state index contributed by atoms with van der Waals surface area (Å²) in [6, 6.07) is 13.6. The van der Waals surface area contributed by atoms with Gasteiger partial charge < -0.3 is 9.73 Å². The number of nitrogens with zero attached hydrogens (tertiary/aromatic N) is 5. The Kier molecular flexibility index (Phi) is 6.23. The fourth-order valence-electron chi connectivity index (χ4n) is 4.49. The number of nitrogens with one attached hydrogen (secondary N) is 1. The molecule has 4 heterocycles. The van der Waals surface area contributed by atoms with Gasteiger partial charge in [0.05, 0.1) is 10.6 Å². The fourth-order valence-corrected chi connectivity index (χ4v) is 5.77. The molecular formula is C26H22F2N6O2S. The molecular weight excluding hydrogens is 498 g/mol. The molecule has 1 aliphatic heterocycles. The molecule has 1 fully saturated rings. The molecule has 3 aromatic heterocycles. The van der Waals surface area contributed by atoms with Crippen LogP contribution >= 0.6 is 0 Å². The predicted molar refractivity (Wildman–Crippen MR) is 135 cm³/mol. The molecule has 5 aromatic rings. The first-order chi connectivity index (χ1) is 18.0. The van der Waals surface area contributed by atoms with Crippen LogP contribution in [0.1, 0.15) is 12.8 Å². The predicted octanol–water partition coefficient (Wildman–Crippen LogP) is 4.93. The molecule has 0 saturated carbocycles. The zero-order chi connectivity index (χ0) is 25.4. The van der Waals surface area contributed by atoms with Crippen molar-refractivity contribution in [3.8, 4) is 22.6 Å². The largest absolute Gasteiger partial charge is 0.432 e. The van der Waals surface area contributed by atoms with E-state index in [1.807, 2.05) is 4.31 Å². The maximum absolute atomic E-state index is 13.5. The lowest BCUT2D eigenvalue weighted by Gasteiger charge is -2.32. The van der Waals surface area contributed by atoms with Crippen molar-refractivity contribution in [3.05, 3.63) is 84.9 Å². The first-order valence-corrected chi connectivity index (χ1v) is 12.9. The van der Waals surface area contributed by atoms with Crippen LogP contribution in [-0.4, -0.2) is 47.0 Å². The van der Waals surface area contributed by atoms with Crippen LogP contribution in [0.4, 0.5) is 14.7 Å². The summed E-state index contributed by atoms with van der Waals surface area (Å²) in [5.74, 6) is 0.141. The van der Waals surface area contributed by atoms with Gasteiger partial charge in [0.1, 0.15) is 40.3 Å². The van der Waals surface area contributed by atoms with Crippen LogP contribution in [0.15, 0.2) is 82.6 Å². The highest BCUT2D eigenvalue weighted by Gasteiger charge is 2.26. The second-order valence-corrected chi connectivity index (χ2v) is 10.2. The number of halogens is 2. The number of oxazole rings is 1. The van der Waals surface area contributed by atoms with Crippen LogP contribution in [0.5, 0.6) is 0 Å². The molecule has 0 bridgehead atoms. The highest BCUT2D eigenvalue weighted by molar-refractivity contribution is 7.82. The van der Waals surface area contributed by atoms with E-state index in [2.05, 4.69) is 15.3 Å². The van der Waals surface area contributed by atoms with Gasteiger partial charge in [-0.3, -0.25) is 4.40 Å². The lowest BCUT2D eigenvalue weighted by Crippen LogP contribution is -2.43. The zero-order valence-corrected chi connectivity index (χ0v) is 20.4. The van der Waals surface area contributed by atoms with Crippen molar-refractivity contribution < 1.29 is 17.4 Å². The van der Waals surface area contributed by atoms with Gasteiger partial charge >= 0.3 is 5.84 Å². The van der Waals surface area contributed by atoms with Crippen molar-refractivity contribution in [2.24, 2.45) is 0 Å². The van der Waals surface area contributed by atoms with Gasteiger partial charge in [0, 0.05) is 37.1 Å². The molecule has 0 radical (unpaired) electrons. The molecule has 1 aliphatic rings. The Labute approximate surface area is 213 Å². The summed E-state index contributed by atoms with van der Waals surface area (Å²) in [5, 5.41) is 3.38. The first kappa shape index (κ1) is 23.4. The molecule has 188 valence electrons. The lowest BCUT2D eigenvalue weighted by atomic mass is 10.1. The Balaban J connectivity index is 1.26. The number of hydrogen-bond acceptors (Lipinski definition) is 6. The quantitative estimate of drug-likeness (QED) is 0.342. The van der Waals surface area contributed by atoms with E-state index in [-0.39, 0.29) is 17.7 Å². The van der Waals surface area contributed by atoms with Crippen LogP contribution < -0.4 is 5.32 Å². The Morgan fingerprint density at radius 2 is 1.76 bits per heavy atom. The summed E-state index contributed by atoms with van der Waals surface area (Å²) in [6.07, 6.45) is 6.67. The number of benzene rings is 2. The summed E-state index contributed by atoms with van der Waals surface area (Å²) < 4.78 is 49.0. The normalized spacial score (nSPS) is 17.2. The Morgan fingerprint density at radius 1 is 1.00 bits per heavy atom. The van der Waals surface area contributed by atoms with E-state index in [1.54, 1.807) is 53.4 Å². The number of rotatable bonds is 6. The van der Waals surface area contributed by atoms with Crippen molar-refractivity contribution in [2.45, 2.75) is 23.8 Å². The highest BCUT2D eigenvalue weighted by Crippen LogP contribution is 2.32. The number of hydrogen-bond donors (Lipinski definition) is 1. The van der Waals surface area contributed by atoms with E-state index in [0.717, 1.165) is 18.4 Å². The molecule has 2 aromatic carbocycles. The van der Waals surface area contributed by atoms with Crippen LogP contribution in [0.25, 0.3) is 28.5 Å². The Bertz CT molecular complexity index is 1570. The van der Waals surface area contributed by atoms with E-state index < -0.39 is 11.0 Å². The van der Waals surface area contributed by atoms with Gasteiger partial charge in [-0.15, -0.1) is 0 Å². The molecule has 1 N–H and O–H groups in total. The van der Waals surface area contributed by atoms with Crippen molar-refractivity contribution in [2.75, 3.05) is 18.4 Å². The van der Waals surface area contributed by atoms with Crippen LogP contribution in [0.2, 0.25) is 0 Å². The average molecular weight is 521 g/mol. The van der Waals surface area contributed by atoms with E-state index >= 15 is 0 Å². The summed E-state index contributed by atoms with van der Waals surface area (Å²) >= 11 is 0. The van der Waals surface area contributed by atoms with Crippen molar-refractivity contribution >= 4 is 22.8 Å². The minimum absolute atomic E-state index is 0.0237. The van der Waals surface area contributed by atoms with Gasteiger partial charge in [-0.1, -0.05) is 0 Å². The minimum atomic E-state index is -1.39. The molecule has 37 heavy (non-hydrogen) atoms. The monoisotopic (exact) mass is 520 g/mol. The molecule has 0 amide bonds. The molecule has 6 rings (SSSR count). The lowest BCUT2D eigenvalue weighted by molar-refractivity contribution is 0.342. The molecule has 11 heteroatoms. The topological polar surface area (TPSA) is 88.6 Å². The SMILES string of the molecule is O=S(c1ccc(F)cc1)N1CCC[C@@H](Nc2nccc(-c3c(-c4ccc(F)cc4)nc4occn34)n2)C1. The van der Waals surface area contributed by atoms with Gasteiger partial charge in [0.2, 0.25) is 5.95 Å². The average Bonchev–Trinajstić information content (AvgIpc) is 3.51. The van der Waals surface area contributed by atoms with E-state index in [1.165, 1.54) is 24.3 Å². The smallest absolute Gasteiger partial charge is 0.306 e. The Morgan fingerprint density at radius 3 is 2.54 bits per heavy atom. The summed E-state index contributed by atoms with van der Waals surface area (Å²) in [6.45, 7) is 1.20. The van der Waals surface area contributed by atoms with Gasteiger partial charge in [0.15, 0.2) is 0 Å². The minimum Gasteiger partial charge on any atom is -0.432 e. The molecule has 0 aliphatic carbocycles. The maximum Gasteiger partial charge on any atom is 0.306 e. The first-order valence-electron chi connectivity index (χ1n) is 11.8. The van der Waals surface area contributed by atoms with Gasteiger partial charge in [-0.25, -0.2) is 27.3 Å². The number of fused-ring (bicyclic) bond motifs is 1. The summed E-state index contributed by atoms with van der Waals surface area (Å²) in [7, 11) is -1.39. The number of imidazole rings is 1. The summed E-state index contributed by atoms with van der Waals surface area (Å²) in [4.78, 5) is 14.3. The fraction of sp³-hybridized carbons (Fsp3) is 0.192. The standard InChI is InChI=1S/C26H22F2N6O2S/c27-18-5-3-17(4-6-18)23-24(34-14-15-36-26(34)32-23)22-11-12-29-25(31-22)30-20-2-1-13-33(16-20)37(35)21-9-7-19(28)8-10-21/h3-12,14-15,20H,1-2,13,16H2,(H,29,30,31)/t20-,37?/m1/s1. The third kappa shape index (κ3) is 4.75. The molecule has 1 unspecified atom stereocenters. The number of anilines is 1. The van der Waals surface area contributed by atoms with Crippen LogP contribution in [0.3, 0.4) is 0 Å². The van der Waals surface area contributed by atoms with Gasteiger partial charge in [0.25, 0.3) is 0 Å². The molecule has 2 atom stereocenters. The highest BCUT2D eigenvalue weighted by atomic mass is 32.2. The van der Waals surface area contributed by atoms with Crippen LogP contribution in [0, 0.1) is 11.6 Å².